The zero-order valence-corrected chi connectivity index (χ0v) is 8.27. The fraction of sp³-hybridized carbons (Fsp3) is 0. The van der Waals surface area contributed by atoms with E-state index in [1.54, 1.807) is 0 Å². The highest BCUT2D eigenvalue weighted by Gasteiger charge is 2.21. The van der Waals surface area contributed by atoms with Crippen LogP contribution in [0.25, 0.3) is 11.3 Å². The topological polar surface area (TPSA) is 112 Å². The zero-order chi connectivity index (χ0) is 12.4. The van der Waals surface area contributed by atoms with E-state index in [1.165, 1.54) is 24.3 Å². The maximum atomic E-state index is 10.6. The van der Waals surface area contributed by atoms with Crippen molar-refractivity contribution in [2.75, 3.05) is 0 Å². The molecule has 0 atom stereocenters. The van der Waals surface area contributed by atoms with Crippen molar-refractivity contribution < 1.29 is 14.4 Å². The first-order valence-corrected chi connectivity index (χ1v) is 4.43. The SMILES string of the molecule is O=[N+]([O-])c1cccc(-c2nocc2[N+](=O)[O-])c1. The summed E-state index contributed by atoms with van der Waals surface area (Å²) in [6.07, 6.45) is 0.883. The van der Waals surface area contributed by atoms with Gasteiger partial charge in [-0.05, 0) is 0 Å². The first-order valence-electron chi connectivity index (χ1n) is 4.43. The molecule has 0 N–H and O–H groups in total. The van der Waals surface area contributed by atoms with Crippen LogP contribution in [0.4, 0.5) is 11.4 Å². The van der Waals surface area contributed by atoms with Gasteiger partial charge in [0.1, 0.15) is 0 Å². The van der Waals surface area contributed by atoms with Crippen LogP contribution in [-0.2, 0) is 0 Å². The van der Waals surface area contributed by atoms with Gasteiger partial charge in [0.2, 0.25) is 6.26 Å². The van der Waals surface area contributed by atoms with Crippen LogP contribution >= 0.6 is 0 Å². The van der Waals surface area contributed by atoms with E-state index >= 15 is 0 Å². The van der Waals surface area contributed by atoms with Gasteiger partial charge in [-0.3, -0.25) is 20.2 Å². The smallest absolute Gasteiger partial charge is 0.336 e. The molecule has 86 valence electrons. The van der Waals surface area contributed by atoms with E-state index in [4.69, 9.17) is 0 Å². The summed E-state index contributed by atoms with van der Waals surface area (Å²) >= 11 is 0. The van der Waals surface area contributed by atoms with Gasteiger partial charge >= 0.3 is 5.69 Å². The van der Waals surface area contributed by atoms with Crippen LogP contribution in [0, 0.1) is 20.2 Å². The first kappa shape index (κ1) is 10.7. The summed E-state index contributed by atoms with van der Waals surface area (Å²) in [5, 5.41) is 24.7. The molecule has 8 nitrogen and oxygen atoms in total. The zero-order valence-electron chi connectivity index (χ0n) is 8.27. The average Bonchev–Trinajstić information content (AvgIpc) is 2.78. The molecule has 0 saturated carbocycles. The molecular weight excluding hydrogens is 230 g/mol. The highest BCUT2D eigenvalue weighted by molar-refractivity contribution is 5.70. The fourth-order valence-electron chi connectivity index (χ4n) is 1.33. The molecule has 0 unspecified atom stereocenters. The molecule has 0 aliphatic rings. The Kier molecular flexibility index (Phi) is 2.53. The molecular formula is C9H5N3O5. The maximum Gasteiger partial charge on any atom is 0.336 e. The van der Waals surface area contributed by atoms with E-state index in [0.29, 0.717) is 0 Å². The van der Waals surface area contributed by atoms with Crippen molar-refractivity contribution in [2.45, 2.75) is 0 Å². The monoisotopic (exact) mass is 235 g/mol. The van der Waals surface area contributed by atoms with E-state index in [0.717, 1.165) is 6.26 Å². The fourth-order valence-corrected chi connectivity index (χ4v) is 1.33. The molecule has 2 aromatic rings. The molecule has 0 fully saturated rings. The van der Waals surface area contributed by atoms with E-state index < -0.39 is 9.85 Å². The van der Waals surface area contributed by atoms with Crippen LogP contribution in [0.15, 0.2) is 35.1 Å². The summed E-state index contributed by atoms with van der Waals surface area (Å²) < 4.78 is 4.50. The second-order valence-electron chi connectivity index (χ2n) is 3.11. The third-order valence-electron chi connectivity index (χ3n) is 2.08. The Morgan fingerprint density at radius 3 is 2.59 bits per heavy atom. The molecule has 1 aromatic heterocycles. The Morgan fingerprint density at radius 2 is 1.94 bits per heavy atom. The van der Waals surface area contributed by atoms with Crippen LogP contribution in [0.1, 0.15) is 0 Å². The molecule has 1 aromatic carbocycles. The minimum absolute atomic E-state index is 0.0290. The van der Waals surface area contributed by atoms with E-state index in [-0.39, 0.29) is 22.6 Å². The number of nitro groups is 2. The van der Waals surface area contributed by atoms with Crippen LogP contribution in [0.3, 0.4) is 0 Å². The predicted molar refractivity (Wildman–Crippen MR) is 55.2 cm³/mol. The largest absolute Gasteiger partial charge is 0.357 e. The number of hydrogen-bond acceptors (Lipinski definition) is 6. The number of hydrogen-bond donors (Lipinski definition) is 0. The summed E-state index contributed by atoms with van der Waals surface area (Å²) in [5.74, 6) is 0. The number of benzene rings is 1. The van der Waals surface area contributed by atoms with Gasteiger partial charge in [0.15, 0.2) is 5.69 Å². The Labute approximate surface area is 93.8 Å². The molecule has 8 heteroatoms. The molecule has 0 saturated heterocycles. The minimum atomic E-state index is -0.662. The summed E-state index contributed by atoms with van der Waals surface area (Å²) in [4.78, 5) is 20.0. The third-order valence-corrected chi connectivity index (χ3v) is 2.08. The van der Waals surface area contributed by atoms with Gasteiger partial charge in [0, 0.05) is 17.7 Å². The van der Waals surface area contributed by atoms with Crippen LogP contribution in [0.2, 0.25) is 0 Å². The lowest BCUT2D eigenvalue weighted by Crippen LogP contribution is -1.91. The van der Waals surface area contributed by atoms with Crippen molar-refractivity contribution in [3.8, 4) is 11.3 Å². The van der Waals surface area contributed by atoms with Gasteiger partial charge < -0.3 is 4.52 Å². The summed E-state index contributed by atoms with van der Waals surface area (Å²) in [6, 6.07) is 5.39. The van der Waals surface area contributed by atoms with Gasteiger partial charge in [-0.2, -0.15) is 0 Å². The highest BCUT2D eigenvalue weighted by Crippen LogP contribution is 2.30. The van der Waals surface area contributed by atoms with Crippen molar-refractivity contribution >= 4 is 11.4 Å². The molecule has 17 heavy (non-hydrogen) atoms. The maximum absolute atomic E-state index is 10.6. The Bertz CT molecular complexity index is 592. The molecule has 0 bridgehead atoms. The van der Waals surface area contributed by atoms with Crippen molar-refractivity contribution in [3.05, 3.63) is 50.8 Å². The summed E-state index contributed by atoms with van der Waals surface area (Å²) in [5.41, 5.74) is -0.261. The van der Waals surface area contributed by atoms with Crippen LogP contribution in [0.5, 0.6) is 0 Å². The highest BCUT2D eigenvalue weighted by atomic mass is 16.6. The van der Waals surface area contributed by atoms with Crippen LogP contribution in [-0.4, -0.2) is 15.0 Å². The number of aromatic nitrogens is 1. The number of nitro benzene ring substituents is 1. The van der Waals surface area contributed by atoms with Crippen molar-refractivity contribution in [1.82, 2.24) is 5.16 Å². The molecule has 0 amide bonds. The predicted octanol–water partition coefficient (Wildman–Crippen LogP) is 2.16. The van der Waals surface area contributed by atoms with Crippen molar-refractivity contribution in [3.63, 3.8) is 0 Å². The van der Waals surface area contributed by atoms with Crippen molar-refractivity contribution in [1.29, 1.82) is 0 Å². The molecule has 1 heterocycles. The first-order chi connectivity index (χ1) is 8.09. The average molecular weight is 235 g/mol. The van der Waals surface area contributed by atoms with Gasteiger partial charge in [-0.25, -0.2) is 0 Å². The number of non-ortho nitro benzene ring substituents is 1. The van der Waals surface area contributed by atoms with E-state index in [2.05, 4.69) is 9.68 Å². The Balaban J connectivity index is 2.53. The number of rotatable bonds is 3. The third kappa shape index (κ3) is 1.95. The lowest BCUT2D eigenvalue weighted by molar-refractivity contribution is -0.385. The van der Waals surface area contributed by atoms with Gasteiger partial charge in [0.05, 0.1) is 9.85 Å². The summed E-state index contributed by atoms with van der Waals surface area (Å²) in [6.45, 7) is 0. The molecule has 2 rings (SSSR count). The molecule has 0 aliphatic heterocycles. The second kappa shape index (κ2) is 4.00. The van der Waals surface area contributed by atoms with Gasteiger partial charge in [-0.15, -0.1) is 0 Å². The molecule has 0 spiro atoms. The second-order valence-corrected chi connectivity index (χ2v) is 3.11. The van der Waals surface area contributed by atoms with Crippen molar-refractivity contribution in [2.24, 2.45) is 0 Å². The quantitative estimate of drug-likeness (QED) is 0.594. The lowest BCUT2D eigenvalue weighted by Gasteiger charge is -1.95. The number of nitrogens with zero attached hydrogens (tertiary/aromatic N) is 3. The normalized spacial score (nSPS) is 10.1. The van der Waals surface area contributed by atoms with E-state index in [1.807, 2.05) is 0 Å². The molecule has 0 aliphatic carbocycles. The summed E-state index contributed by atoms with van der Waals surface area (Å²) in [7, 11) is 0. The van der Waals surface area contributed by atoms with Gasteiger partial charge in [0.25, 0.3) is 5.69 Å². The Morgan fingerprint density at radius 1 is 1.18 bits per heavy atom. The molecule has 0 radical (unpaired) electrons. The van der Waals surface area contributed by atoms with E-state index in [9.17, 15) is 20.2 Å². The minimum Gasteiger partial charge on any atom is -0.357 e. The lowest BCUT2D eigenvalue weighted by atomic mass is 10.1. The Hall–Kier alpha value is -2.77. The van der Waals surface area contributed by atoms with Crippen LogP contribution < -0.4 is 0 Å². The standard InChI is InChI=1S/C9H5N3O5/c13-11(14)7-3-1-2-6(4-7)9-8(12(15)16)5-17-10-9/h1-5H. The van der Waals surface area contributed by atoms with Gasteiger partial charge in [-0.1, -0.05) is 17.3 Å².